The summed E-state index contributed by atoms with van der Waals surface area (Å²) in [6.45, 7) is 3.65. The van der Waals surface area contributed by atoms with Gasteiger partial charge in [0.05, 0.1) is 11.4 Å². The minimum atomic E-state index is -0.364. The van der Waals surface area contributed by atoms with E-state index in [-0.39, 0.29) is 17.6 Å². The average molecular weight is 305 g/mol. The molecule has 0 saturated carbocycles. The Morgan fingerprint density at radius 2 is 1.90 bits per heavy atom. The summed E-state index contributed by atoms with van der Waals surface area (Å²) in [6.07, 6.45) is 0. The molecule has 0 radical (unpaired) electrons. The van der Waals surface area contributed by atoms with Crippen LogP contribution in [0.5, 0.6) is 0 Å². The number of nitrogens with one attached hydrogen (secondary N) is 2. The van der Waals surface area contributed by atoms with Crippen molar-refractivity contribution in [1.29, 1.82) is 0 Å². The van der Waals surface area contributed by atoms with Crippen LogP contribution >= 0.6 is 11.8 Å². The lowest BCUT2D eigenvalue weighted by atomic mass is 10.2. The van der Waals surface area contributed by atoms with Crippen LogP contribution in [0.2, 0.25) is 0 Å². The highest BCUT2D eigenvalue weighted by Crippen LogP contribution is 2.19. The number of amides is 2. The van der Waals surface area contributed by atoms with Gasteiger partial charge in [0.15, 0.2) is 0 Å². The number of aromatic nitrogens is 1. The second-order valence-electron chi connectivity index (χ2n) is 4.28. The topological polar surface area (TPSA) is 84.2 Å². The highest BCUT2D eigenvalue weighted by molar-refractivity contribution is 7.99. The molecule has 2 aromatic rings. The third-order valence-electron chi connectivity index (χ3n) is 2.69. The van der Waals surface area contributed by atoms with Gasteiger partial charge >= 0.3 is 0 Å². The van der Waals surface area contributed by atoms with E-state index in [2.05, 4.69) is 15.8 Å². The van der Waals surface area contributed by atoms with Gasteiger partial charge in [0.25, 0.3) is 11.1 Å². The quantitative estimate of drug-likeness (QED) is 0.665. The SMILES string of the molecule is Cc1nc(SCC(=O)NNC(=O)c2ccccc2)oc1C. The maximum atomic E-state index is 11.7. The van der Waals surface area contributed by atoms with E-state index in [0.717, 1.165) is 11.5 Å². The van der Waals surface area contributed by atoms with Gasteiger partial charge in [-0.3, -0.25) is 20.4 Å². The molecule has 0 aliphatic rings. The first kappa shape index (κ1) is 15.1. The molecule has 0 fully saturated rings. The number of rotatable bonds is 4. The third kappa shape index (κ3) is 4.35. The largest absolute Gasteiger partial charge is 0.437 e. The van der Waals surface area contributed by atoms with Crippen LogP contribution in [0.4, 0.5) is 0 Å². The van der Waals surface area contributed by atoms with Crippen molar-refractivity contribution >= 4 is 23.6 Å². The van der Waals surface area contributed by atoms with Crippen LogP contribution in [-0.2, 0) is 4.79 Å². The van der Waals surface area contributed by atoms with Gasteiger partial charge in [-0.1, -0.05) is 30.0 Å². The van der Waals surface area contributed by atoms with Gasteiger partial charge in [-0.2, -0.15) is 0 Å². The lowest BCUT2D eigenvalue weighted by Gasteiger charge is -2.06. The summed E-state index contributed by atoms with van der Waals surface area (Å²) in [6, 6.07) is 8.63. The smallest absolute Gasteiger partial charge is 0.269 e. The monoisotopic (exact) mass is 305 g/mol. The number of thioether (sulfide) groups is 1. The molecule has 0 bridgehead atoms. The maximum Gasteiger partial charge on any atom is 0.269 e. The molecular weight excluding hydrogens is 290 g/mol. The Labute approximate surface area is 126 Å². The standard InChI is InChI=1S/C14H15N3O3S/c1-9-10(2)20-14(15-9)21-8-12(18)16-17-13(19)11-6-4-3-5-7-11/h3-7H,8H2,1-2H3,(H,16,18)(H,17,19). The first-order chi connectivity index (χ1) is 10.1. The summed E-state index contributed by atoms with van der Waals surface area (Å²) in [7, 11) is 0. The highest BCUT2D eigenvalue weighted by Gasteiger charge is 2.10. The van der Waals surface area contributed by atoms with E-state index in [0.29, 0.717) is 10.8 Å². The molecule has 1 aromatic carbocycles. The van der Waals surface area contributed by atoms with Crippen molar-refractivity contribution in [3.05, 3.63) is 47.3 Å². The summed E-state index contributed by atoms with van der Waals surface area (Å²) < 4.78 is 5.34. The Balaban J connectivity index is 1.76. The minimum absolute atomic E-state index is 0.106. The number of oxazole rings is 1. The van der Waals surface area contributed by atoms with Crippen molar-refractivity contribution < 1.29 is 14.0 Å². The van der Waals surface area contributed by atoms with Gasteiger partial charge in [0, 0.05) is 5.56 Å². The van der Waals surface area contributed by atoms with Gasteiger partial charge in [-0.15, -0.1) is 0 Å². The fourth-order valence-corrected chi connectivity index (χ4v) is 2.17. The van der Waals surface area contributed by atoms with E-state index >= 15 is 0 Å². The van der Waals surface area contributed by atoms with Crippen molar-refractivity contribution in [2.75, 3.05) is 5.75 Å². The predicted molar refractivity (Wildman–Crippen MR) is 78.8 cm³/mol. The fourth-order valence-electron chi connectivity index (χ4n) is 1.46. The van der Waals surface area contributed by atoms with Crippen molar-refractivity contribution in [2.24, 2.45) is 0 Å². The molecule has 0 aliphatic heterocycles. The van der Waals surface area contributed by atoms with E-state index in [4.69, 9.17) is 4.42 Å². The summed E-state index contributed by atoms with van der Waals surface area (Å²) in [4.78, 5) is 27.5. The number of benzene rings is 1. The average Bonchev–Trinajstić information content (AvgIpc) is 2.82. The zero-order chi connectivity index (χ0) is 15.2. The van der Waals surface area contributed by atoms with E-state index in [1.54, 1.807) is 24.3 Å². The van der Waals surface area contributed by atoms with Crippen LogP contribution in [0.15, 0.2) is 40.0 Å². The predicted octanol–water partition coefficient (Wildman–Crippen LogP) is 1.84. The summed E-state index contributed by atoms with van der Waals surface area (Å²) >= 11 is 1.17. The number of hydrazine groups is 1. The number of carbonyl (C=O) groups excluding carboxylic acids is 2. The molecule has 2 amide bonds. The highest BCUT2D eigenvalue weighted by atomic mass is 32.2. The van der Waals surface area contributed by atoms with Gasteiger partial charge in [0.1, 0.15) is 5.76 Å². The van der Waals surface area contributed by atoms with E-state index < -0.39 is 0 Å². The van der Waals surface area contributed by atoms with E-state index in [1.165, 1.54) is 11.8 Å². The molecule has 2 N–H and O–H groups in total. The Hall–Kier alpha value is -2.28. The third-order valence-corrected chi connectivity index (χ3v) is 3.52. The molecule has 7 heteroatoms. The summed E-state index contributed by atoms with van der Waals surface area (Å²) in [5.74, 6) is 0.138. The lowest BCUT2D eigenvalue weighted by molar-refractivity contribution is -0.119. The van der Waals surface area contributed by atoms with Gasteiger partial charge in [0.2, 0.25) is 5.91 Å². The zero-order valence-electron chi connectivity index (χ0n) is 11.7. The first-order valence-corrected chi connectivity index (χ1v) is 7.26. The molecule has 0 atom stereocenters. The Morgan fingerprint density at radius 1 is 1.19 bits per heavy atom. The summed E-state index contributed by atoms with van der Waals surface area (Å²) in [5.41, 5.74) is 5.97. The molecule has 1 aromatic heterocycles. The van der Waals surface area contributed by atoms with Gasteiger partial charge in [-0.25, -0.2) is 4.98 Å². The molecule has 1 heterocycles. The van der Waals surface area contributed by atoms with Crippen LogP contribution < -0.4 is 10.9 Å². The van der Waals surface area contributed by atoms with Crippen LogP contribution in [0, 0.1) is 13.8 Å². The number of aryl methyl sites for hydroxylation is 2. The Kier molecular flexibility index (Phi) is 4.99. The fraction of sp³-hybridized carbons (Fsp3) is 0.214. The van der Waals surface area contributed by atoms with Crippen molar-refractivity contribution in [2.45, 2.75) is 19.1 Å². The maximum absolute atomic E-state index is 11.7. The lowest BCUT2D eigenvalue weighted by Crippen LogP contribution is -2.42. The minimum Gasteiger partial charge on any atom is -0.437 e. The second-order valence-corrected chi connectivity index (χ2v) is 5.20. The number of hydrogen-bond donors (Lipinski definition) is 2. The molecule has 2 rings (SSSR count). The van der Waals surface area contributed by atoms with Crippen LogP contribution in [0.25, 0.3) is 0 Å². The number of carbonyl (C=O) groups is 2. The van der Waals surface area contributed by atoms with Crippen molar-refractivity contribution in [1.82, 2.24) is 15.8 Å². The summed E-state index contributed by atoms with van der Waals surface area (Å²) in [5, 5.41) is 0.439. The Morgan fingerprint density at radius 3 is 2.52 bits per heavy atom. The van der Waals surface area contributed by atoms with Crippen molar-refractivity contribution in [3.8, 4) is 0 Å². The van der Waals surface area contributed by atoms with E-state index in [1.807, 2.05) is 19.9 Å². The number of hydrogen-bond acceptors (Lipinski definition) is 5. The zero-order valence-corrected chi connectivity index (χ0v) is 12.5. The molecular formula is C14H15N3O3S. The normalized spacial score (nSPS) is 10.2. The van der Waals surface area contributed by atoms with Gasteiger partial charge < -0.3 is 4.42 Å². The molecule has 6 nitrogen and oxygen atoms in total. The Bertz CT molecular complexity index is 621. The first-order valence-electron chi connectivity index (χ1n) is 6.27. The molecule has 21 heavy (non-hydrogen) atoms. The molecule has 0 unspecified atom stereocenters. The van der Waals surface area contributed by atoms with Crippen molar-refractivity contribution in [3.63, 3.8) is 0 Å². The van der Waals surface area contributed by atoms with Crippen LogP contribution in [0.3, 0.4) is 0 Å². The molecule has 0 spiro atoms. The van der Waals surface area contributed by atoms with Gasteiger partial charge in [-0.05, 0) is 26.0 Å². The van der Waals surface area contributed by atoms with E-state index in [9.17, 15) is 9.59 Å². The second kappa shape index (κ2) is 6.94. The molecule has 0 aliphatic carbocycles. The van der Waals surface area contributed by atoms with Crippen LogP contribution in [0.1, 0.15) is 21.8 Å². The van der Waals surface area contributed by atoms with Crippen LogP contribution in [-0.4, -0.2) is 22.6 Å². The number of nitrogens with zero attached hydrogens (tertiary/aromatic N) is 1. The molecule has 0 saturated heterocycles. The molecule has 110 valence electrons.